The van der Waals surface area contributed by atoms with Crippen molar-refractivity contribution in [2.24, 2.45) is 28.6 Å². The molecule has 2 aliphatic heterocycles. The Hall–Kier alpha value is -2.24. The van der Waals surface area contributed by atoms with Gasteiger partial charge in [0.05, 0.1) is 16.9 Å². The van der Waals surface area contributed by atoms with Crippen molar-refractivity contribution in [1.29, 1.82) is 0 Å². The summed E-state index contributed by atoms with van der Waals surface area (Å²) in [4.78, 5) is 28.7. The Labute approximate surface area is 183 Å². The first kappa shape index (κ1) is 19.4. The van der Waals surface area contributed by atoms with Gasteiger partial charge in [0.1, 0.15) is 0 Å². The van der Waals surface area contributed by atoms with Crippen LogP contribution in [0.4, 0.5) is 0 Å². The number of para-hydroxylation sites is 1. The molecule has 3 atom stereocenters. The molecule has 4 bridgehead atoms. The van der Waals surface area contributed by atoms with Gasteiger partial charge in [-0.25, -0.2) is 0 Å². The van der Waals surface area contributed by atoms with Crippen LogP contribution in [0.3, 0.4) is 0 Å². The third-order valence-electron chi connectivity index (χ3n) is 8.83. The number of fused-ring (bicyclic) bond motifs is 1. The normalized spacial score (nSPS) is 38.9. The minimum absolute atomic E-state index is 0.0143. The van der Waals surface area contributed by atoms with Crippen molar-refractivity contribution < 1.29 is 19.1 Å². The number of ether oxygens (including phenoxy) is 2. The molecule has 166 valence electrons. The van der Waals surface area contributed by atoms with Crippen molar-refractivity contribution in [3.8, 4) is 11.5 Å². The van der Waals surface area contributed by atoms with Crippen LogP contribution < -0.4 is 14.8 Å². The number of rotatable bonds is 4. The molecule has 1 aromatic carbocycles. The van der Waals surface area contributed by atoms with Gasteiger partial charge in [-0.1, -0.05) is 12.1 Å². The summed E-state index contributed by atoms with van der Waals surface area (Å²) in [7, 11) is 0. The summed E-state index contributed by atoms with van der Waals surface area (Å²) in [5, 5.41) is 3.11. The monoisotopic (exact) mass is 424 g/mol. The number of carbonyl (C=O) groups excluding carboxylic acids is 2. The number of likely N-dealkylation sites (tertiary alicyclic amines) is 1. The molecule has 4 aliphatic carbocycles. The number of benzene rings is 1. The van der Waals surface area contributed by atoms with Gasteiger partial charge in [-0.15, -0.1) is 0 Å². The summed E-state index contributed by atoms with van der Waals surface area (Å²) in [6.45, 7) is 7.03. The lowest BCUT2D eigenvalue weighted by Crippen LogP contribution is -2.71. The van der Waals surface area contributed by atoms with Gasteiger partial charge in [0, 0.05) is 18.2 Å². The first-order valence-corrected chi connectivity index (χ1v) is 11.9. The number of nitrogens with zero attached hydrogens (tertiary/aromatic N) is 1. The highest BCUT2D eigenvalue weighted by Crippen LogP contribution is 2.65. The van der Waals surface area contributed by atoms with Gasteiger partial charge in [-0.3, -0.25) is 9.59 Å². The van der Waals surface area contributed by atoms with Crippen molar-refractivity contribution in [3.05, 3.63) is 23.8 Å². The maximum atomic E-state index is 13.5. The van der Waals surface area contributed by atoms with Gasteiger partial charge in [0.25, 0.3) is 0 Å². The van der Waals surface area contributed by atoms with E-state index in [1.54, 1.807) is 0 Å². The van der Waals surface area contributed by atoms with E-state index in [0.29, 0.717) is 24.3 Å². The zero-order chi connectivity index (χ0) is 21.5. The molecule has 4 saturated carbocycles. The van der Waals surface area contributed by atoms with Crippen LogP contribution in [0, 0.1) is 28.6 Å². The summed E-state index contributed by atoms with van der Waals surface area (Å²) >= 11 is 0. The molecule has 31 heavy (non-hydrogen) atoms. The largest absolute Gasteiger partial charge is 0.454 e. The highest BCUT2D eigenvalue weighted by atomic mass is 16.7. The van der Waals surface area contributed by atoms with E-state index in [9.17, 15) is 9.59 Å². The maximum absolute atomic E-state index is 13.5. The van der Waals surface area contributed by atoms with E-state index in [1.165, 1.54) is 0 Å². The second kappa shape index (κ2) is 6.39. The van der Waals surface area contributed by atoms with Crippen molar-refractivity contribution in [3.63, 3.8) is 0 Å². The minimum Gasteiger partial charge on any atom is -0.454 e. The van der Waals surface area contributed by atoms with Gasteiger partial charge >= 0.3 is 0 Å². The Kier molecular flexibility index (Phi) is 4.01. The van der Waals surface area contributed by atoms with Crippen LogP contribution in [-0.4, -0.2) is 36.1 Å². The van der Waals surface area contributed by atoms with Crippen molar-refractivity contribution in [2.75, 3.05) is 13.3 Å². The van der Waals surface area contributed by atoms with E-state index in [-0.39, 0.29) is 36.1 Å². The standard InChI is InChI=1S/C25H32N2O4/c1-4-26-22(28)25-10-14-8-15(11-25)19(16(9-14)12-25)27-21(24(2,3)23(27)29)17-6-5-7-18-20(17)31-13-30-18/h5-7,14-16,19,21H,4,8-13H2,1-3H3,(H,26,28)/t14?,15?,16?,19-,21?,25-. The second-order valence-corrected chi connectivity index (χ2v) is 11.0. The lowest BCUT2D eigenvalue weighted by Gasteiger charge is -2.66. The van der Waals surface area contributed by atoms with E-state index in [4.69, 9.17) is 9.47 Å². The van der Waals surface area contributed by atoms with E-state index in [1.807, 2.05) is 19.1 Å². The molecule has 2 heterocycles. The van der Waals surface area contributed by atoms with E-state index in [0.717, 1.165) is 49.2 Å². The second-order valence-electron chi connectivity index (χ2n) is 11.0. The van der Waals surface area contributed by atoms with Crippen molar-refractivity contribution in [1.82, 2.24) is 10.2 Å². The zero-order valence-corrected chi connectivity index (χ0v) is 18.6. The quantitative estimate of drug-likeness (QED) is 0.749. The molecule has 0 radical (unpaired) electrons. The fourth-order valence-corrected chi connectivity index (χ4v) is 7.94. The predicted octanol–water partition coefficient (Wildman–Crippen LogP) is 3.66. The third kappa shape index (κ3) is 2.50. The molecule has 6 aliphatic rings. The number of β-lactam (4-membered cyclic amide) rings is 1. The lowest BCUT2D eigenvalue weighted by molar-refractivity contribution is -0.199. The molecule has 0 spiro atoms. The predicted molar refractivity (Wildman–Crippen MR) is 114 cm³/mol. The number of amides is 2. The summed E-state index contributed by atoms with van der Waals surface area (Å²) in [6, 6.07) is 6.23. The minimum atomic E-state index is -0.465. The molecule has 7 rings (SSSR count). The topological polar surface area (TPSA) is 67.9 Å². The Balaban J connectivity index is 1.35. The van der Waals surface area contributed by atoms with E-state index >= 15 is 0 Å². The average molecular weight is 425 g/mol. The molecule has 1 N–H and O–H groups in total. The smallest absolute Gasteiger partial charge is 0.231 e. The molecule has 3 unspecified atom stereocenters. The molecule has 1 saturated heterocycles. The average Bonchev–Trinajstić information content (AvgIpc) is 3.21. The van der Waals surface area contributed by atoms with Crippen LogP contribution >= 0.6 is 0 Å². The molecule has 0 aromatic heterocycles. The number of hydrogen-bond donors (Lipinski definition) is 1. The number of nitrogens with one attached hydrogen (secondary N) is 1. The van der Waals surface area contributed by atoms with Crippen LogP contribution in [0.1, 0.15) is 64.5 Å². The summed E-state index contributed by atoms with van der Waals surface area (Å²) in [5.41, 5.74) is 0.381. The fraction of sp³-hybridized carbons (Fsp3) is 0.680. The van der Waals surface area contributed by atoms with Gasteiger partial charge in [0.2, 0.25) is 18.6 Å². The van der Waals surface area contributed by atoms with E-state index in [2.05, 4.69) is 30.1 Å². The van der Waals surface area contributed by atoms with Crippen molar-refractivity contribution in [2.45, 2.75) is 65.0 Å². The Morgan fingerprint density at radius 3 is 2.61 bits per heavy atom. The zero-order valence-electron chi connectivity index (χ0n) is 18.6. The molecular formula is C25H32N2O4. The number of carbonyl (C=O) groups is 2. The number of hydrogen-bond acceptors (Lipinski definition) is 4. The Morgan fingerprint density at radius 1 is 1.16 bits per heavy atom. The fourth-order valence-electron chi connectivity index (χ4n) is 7.94. The highest BCUT2D eigenvalue weighted by molar-refractivity contribution is 5.91. The van der Waals surface area contributed by atoms with Gasteiger partial charge in [-0.2, -0.15) is 0 Å². The highest BCUT2D eigenvalue weighted by Gasteiger charge is 2.66. The molecule has 2 amide bonds. The van der Waals surface area contributed by atoms with Gasteiger partial charge in [0.15, 0.2) is 11.5 Å². The molecule has 1 aromatic rings. The van der Waals surface area contributed by atoms with Gasteiger partial charge in [-0.05, 0) is 76.7 Å². The first-order valence-electron chi connectivity index (χ1n) is 11.9. The SMILES string of the molecule is CCNC(=O)[C@]12CC3CC(C1)[C@@H](N1C(=O)C(C)(C)C1c1cccc4c1OCO4)C(C3)C2. The van der Waals surface area contributed by atoms with Crippen LogP contribution in [0.5, 0.6) is 11.5 Å². The van der Waals surface area contributed by atoms with Gasteiger partial charge < -0.3 is 19.7 Å². The molecule has 5 fully saturated rings. The third-order valence-corrected chi connectivity index (χ3v) is 8.83. The molecular weight excluding hydrogens is 392 g/mol. The van der Waals surface area contributed by atoms with Crippen LogP contribution in [-0.2, 0) is 9.59 Å². The summed E-state index contributed by atoms with van der Waals surface area (Å²) < 4.78 is 11.5. The van der Waals surface area contributed by atoms with Crippen LogP contribution in [0.25, 0.3) is 0 Å². The summed E-state index contributed by atoms with van der Waals surface area (Å²) in [5.74, 6) is 3.48. The van der Waals surface area contributed by atoms with Crippen LogP contribution in [0.2, 0.25) is 0 Å². The molecule has 6 heteroatoms. The first-order chi connectivity index (χ1) is 14.9. The van der Waals surface area contributed by atoms with Crippen molar-refractivity contribution >= 4 is 11.8 Å². The lowest BCUT2D eigenvalue weighted by atomic mass is 9.46. The maximum Gasteiger partial charge on any atom is 0.231 e. The molecule has 6 nitrogen and oxygen atoms in total. The Morgan fingerprint density at radius 2 is 1.90 bits per heavy atom. The van der Waals surface area contributed by atoms with Crippen LogP contribution in [0.15, 0.2) is 18.2 Å². The van der Waals surface area contributed by atoms with E-state index < -0.39 is 5.41 Å². The Bertz CT molecular complexity index is 941. The summed E-state index contributed by atoms with van der Waals surface area (Å²) in [6.07, 6.45) is 5.15.